The van der Waals surface area contributed by atoms with Crippen molar-refractivity contribution in [2.24, 2.45) is 0 Å². The number of hydrogen-bond acceptors (Lipinski definition) is 5. The summed E-state index contributed by atoms with van der Waals surface area (Å²) in [6.45, 7) is -0.351. The summed E-state index contributed by atoms with van der Waals surface area (Å²) < 4.78 is 33.8. The monoisotopic (exact) mass is 283 g/mol. The first-order chi connectivity index (χ1) is 9.66. The lowest BCUT2D eigenvalue weighted by atomic mass is 10.1. The van der Waals surface area contributed by atoms with E-state index in [4.69, 9.17) is 0 Å². The van der Waals surface area contributed by atoms with E-state index >= 15 is 0 Å². The van der Waals surface area contributed by atoms with Crippen molar-refractivity contribution in [1.29, 1.82) is 0 Å². The average molecular weight is 283 g/mol. The van der Waals surface area contributed by atoms with Crippen molar-refractivity contribution in [2.75, 3.05) is 6.54 Å². The third kappa shape index (κ3) is 3.99. The van der Waals surface area contributed by atoms with E-state index in [0.29, 0.717) is 24.4 Å². The maximum Gasteiger partial charge on any atom is 0.387 e. The van der Waals surface area contributed by atoms with Crippen LogP contribution in [-0.4, -0.2) is 23.3 Å². The molecule has 2 aromatic rings. The van der Waals surface area contributed by atoms with E-state index in [9.17, 15) is 8.78 Å². The maximum atomic E-state index is 12.3. The molecule has 0 amide bonds. The van der Waals surface area contributed by atoms with Crippen LogP contribution in [0.1, 0.15) is 24.4 Å². The Morgan fingerprint density at radius 3 is 2.85 bits per heavy atom. The second kappa shape index (κ2) is 6.95. The van der Waals surface area contributed by atoms with Gasteiger partial charge in [-0.05, 0) is 13.0 Å². The summed E-state index contributed by atoms with van der Waals surface area (Å²) >= 11 is 0. The zero-order chi connectivity index (χ0) is 14.4. The summed E-state index contributed by atoms with van der Waals surface area (Å²) in [5, 5.41) is 6.90. The van der Waals surface area contributed by atoms with Gasteiger partial charge in [-0.2, -0.15) is 13.8 Å². The van der Waals surface area contributed by atoms with E-state index in [1.165, 1.54) is 12.5 Å². The fourth-order valence-electron chi connectivity index (χ4n) is 1.85. The number of rotatable bonds is 7. The van der Waals surface area contributed by atoms with Crippen molar-refractivity contribution in [1.82, 2.24) is 15.5 Å². The van der Waals surface area contributed by atoms with E-state index < -0.39 is 6.61 Å². The Morgan fingerprint density at radius 1 is 1.35 bits per heavy atom. The summed E-state index contributed by atoms with van der Waals surface area (Å²) in [6.07, 6.45) is 1.86. The summed E-state index contributed by atoms with van der Waals surface area (Å²) in [5.41, 5.74) is 0.681. The molecule has 7 heteroatoms. The van der Waals surface area contributed by atoms with Gasteiger partial charge in [0.25, 0.3) is 0 Å². The molecule has 0 fully saturated rings. The number of alkyl halides is 2. The first-order valence-electron chi connectivity index (χ1n) is 6.19. The van der Waals surface area contributed by atoms with Crippen molar-refractivity contribution in [3.05, 3.63) is 42.0 Å². The number of aromatic nitrogens is 2. The topological polar surface area (TPSA) is 60.2 Å². The molecule has 108 valence electrons. The van der Waals surface area contributed by atoms with Gasteiger partial charge >= 0.3 is 6.61 Å². The molecule has 0 aliphatic carbocycles. The van der Waals surface area contributed by atoms with Gasteiger partial charge in [0.05, 0.1) is 0 Å². The summed E-state index contributed by atoms with van der Waals surface area (Å²) in [7, 11) is 0. The molecule has 0 aliphatic rings. The second-order valence-corrected chi connectivity index (χ2v) is 4.19. The highest BCUT2D eigenvalue weighted by atomic mass is 19.3. The van der Waals surface area contributed by atoms with E-state index in [1.807, 2.05) is 6.92 Å². The van der Waals surface area contributed by atoms with Crippen LogP contribution in [0.25, 0.3) is 0 Å². The molecule has 5 nitrogen and oxygen atoms in total. The van der Waals surface area contributed by atoms with Crippen molar-refractivity contribution >= 4 is 0 Å². The molecule has 0 aliphatic heterocycles. The Kier molecular flexibility index (Phi) is 5.00. The van der Waals surface area contributed by atoms with Gasteiger partial charge in [0.1, 0.15) is 5.75 Å². The van der Waals surface area contributed by atoms with Gasteiger partial charge in [-0.25, -0.2) is 0 Å². The summed E-state index contributed by atoms with van der Waals surface area (Å²) in [4.78, 5) is 3.90. The van der Waals surface area contributed by atoms with E-state index in [1.54, 1.807) is 18.2 Å². The van der Waals surface area contributed by atoms with Crippen LogP contribution < -0.4 is 10.1 Å². The molecule has 1 atom stereocenters. The van der Waals surface area contributed by atoms with Gasteiger partial charge < -0.3 is 14.6 Å². The SMILES string of the molecule is CC(NCCc1ncon1)c1ccccc1OC(F)F. The Labute approximate surface area is 114 Å². The normalized spacial score (nSPS) is 12.6. The molecule has 1 heterocycles. The number of nitrogens with zero attached hydrogens (tertiary/aromatic N) is 2. The lowest BCUT2D eigenvalue weighted by Crippen LogP contribution is -2.22. The van der Waals surface area contributed by atoms with Crippen LogP contribution in [0.3, 0.4) is 0 Å². The zero-order valence-electron chi connectivity index (χ0n) is 10.9. The molecule has 2 rings (SSSR count). The number of para-hydroxylation sites is 1. The lowest BCUT2D eigenvalue weighted by molar-refractivity contribution is -0.0506. The lowest BCUT2D eigenvalue weighted by Gasteiger charge is -2.17. The second-order valence-electron chi connectivity index (χ2n) is 4.19. The first-order valence-corrected chi connectivity index (χ1v) is 6.19. The van der Waals surface area contributed by atoms with Crippen molar-refractivity contribution < 1.29 is 18.0 Å². The van der Waals surface area contributed by atoms with Gasteiger partial charge in [0.15, 0.2) is 5.82 Å². The van der Waals surface area contributed by atoms with Crippen LogP contribution >= 0.6 is 0 Å². The molecule has 0 saturated carbocycles. The molecule has 1 aromatic heterocycles. The molecule has 0 radical (unpaired) electrons. The molecular formula is C13H15F2N3O2. The van der Waals surface area contributed by atoms with Gasteiger partial charge in [-0.1, -0.05) is 23.4 Å². The third-order valence-corrected chi connectivity index (χ3v) is 2.81. The van der Waals surface area contributed by atoms with Crippen molar-refractivity contribution in [3.63, 3.8) is 0 Å². The summed E-state index contributed by atoms with van der Waals surface area (Å²) in [5.74, 6) is 0.781. The Hall–Kier alpha value is -2.02. The highest BCUT2D eigenvalue weighted by molar-refractivity contribution is 5.35. The molecule has 0 bridgehead atoms. The minimum absolute atomic E-state index is 0.128. The fourth-order valence-corrected chi connectivity index (χ4v) is 1.85. The molecule has 1 unspecified atom stereocenters. The standard InChI is InChI=1S/C13H15F2N3O2/c1-9(16-7-6-12-17-8-19-18-12)10-4-2-3-5-11(10)20-13(14)15/h2-5,8-9,13,16H,6-7H2,1H3. The summed E-state index contributed by atoms with van der Waals surface area (Å²) in [6, 6.07) is 6.60. The van der Waals surface area contributed by atoms with Crippen LogP contribution in [0, 0.1) is 0 Å². The fraction of sp³-hybridized carbons (Fsp3) is 0.385. The average Bonchev–Trinajstić information content (AvgIpc) is 2.91. The number of ether oxygens (including phenoxy) is 1. The zero-order valence-corrected chi connectivity index (χ0v) is 10.9. The van der Waals surface area contributed by atoms with Crippen LogP contribution in [0.4, 0.5) is 8.78 Å². The van der Waals surface area contributed by atoms with Crippen molar-refractivity contribution in [2.45, 2.75) is 26.0 Å². The van der Waals surface area contributed by atoms with Crippen LogP contribution in [0.2, 0.25) is 0 Å². The number of hydrogen-bond donors (Lipinski definition) is 1. The largest absolute Gasteiger partial charge is 0.434 e. The van der Waals surface area contributed by atoms with Gasteiger partial charge in [-0.15, -0.1) is 0 Å². The number of nitrogens with one attached hydrogen (secondary N) is 1. The Morgan fingerprint density at radius 2 is 2.15 bits per heavy atom. The van der Waals surface area contributed by atoms with Crippen LogP contribution in [-0.2, 0) is 6.42 Å². The predicted octanol–water partition coefficient (Wildman–Crippen LogP) is 2.56. The van der Waals surface area contributed by atoms with Gasteiger partial charge in [0, 0.05) is 24.6 Å². The minimum Gasteiger partial charge on any atom is -0.434 e. The minimum atomic E-state index is -2.83. The third-order valence-electron chi connectivity index (χ3n) is 2.81. The molecular weight excluding hydrogens is 268 g/mol. The highest BCUT2D eigenvalue weighted by Gasteiger charge is 2.14. The number of benzene rings is 1. The van der Waals surface area contributed by atoms with Gasteiger partial charge in [0.2, 0.25) is 6.39 Å². The maximum absolute atomic E-state index is 12.3. The highest BCUT2D eigenvalue weighted by Crippen LogP contribution is 2.26. The van der Waals surface area contributed by atoms with Crippen LogP contribution in [0.5, 0.6) is 5.75 Å². The first kappa shape index (κ1) is 14.4. The molecule has 1 aromatic carbocycles. The van der Waals surface area contributed by atoms with Crippen LogP contribution in [0.15, 0.2) is 35.2 Å². The van der Waals surface area contributed by atoms with Gasteiger partial charge in [-0.3, -0.25) is 0 Å². The molecule has 0 spiro atoms. The van der Waals surface area contributed by atoms with Crippen molar-refractivity contribution in [3.8, 4) is 5.75 Å². The number of halogens is 2. The molecule has 1 N–H and O–H groups in total. The predicted molar refractivity (Wildman–Crippen MR) is 67.5 cm³/mol. The Balaban J connectivity index is 1.92. The molecule has 20 heavy (non-hydrogen) atoms. The smallest absolute Gasteiger partial charge is 0.387 e. The van der Waals surface area contributed by atoms with E-state index in [-0.39, 0.29) is 11.8 Å². The van der Waals surface area contributed by atoms with E-state index in [2.05, 4.69) is 24.7 Å². The Bertz CT molecular complexity index is 520. The van der Waals surface area contributed by atoms with E-state index in [0.717, 1.165) is 0 Å². The quantitative estimate of drug-likeness (QED) is 0.846. The molecule has 0 saturated heterocycles.